The number of anilines is 6. The van der Waals surface area contributed by atoms with Crippen LogP contribution in [0.25, 0.3) is 134 Å². The van der Waals surface area contributed by atoms with E-state index in [4.69, 9.17) is 25.7 Å². The standard InChI is InChI=1S/C20H20N8O2.2C20H19N7O2.C19H18N8O/c1-3-22-20(29)28-19-26-15-8-11(12-9-23-18(21)24-10-12)7-13(17(15)27-19)14-5-4-6-16(25-14)30-2;1-3-23-20(28)27-19-25-16-8-12(13-9-21-11-22-10-13)7-14(18(16)26-19)15-5-4-6-17(24-15)29-2;1-3-21-19(28)27-18-25-16-9-12(13-10-23-20(29-2)24-11-13)8-14(17(16)26-18)15-6-4-5-7-22-15;1-2-21-19(28)27-18-25-15-8-11(12-9-23-17(20)24-10-12)7-13(16(15)26-18)14-5-3-4-6-22-14/h4-10H,3H2,1-2H3,(H2,21,23,24)(H3,22,26,27,28,29);4-11H,3H2,1-2H3,(H3,23,25,26,27,28);4-11H,3H2,1-2H3,(H3,21,25,26,27,28);3-10H,2H2,1H3,(H2,20,23,24)(H3,21,25,26,27,28). The summed E-state index contributed by atoms with van der Waals surface area (Å²) in [6, 6.07) is 36.9. The molecule has 0 aliphatic rings. The number of rotatable bonds is 19. The normalized spacial score (nSPS) is 10.7. The molecule has 0 aliphatic heterocycles. The van der Waals surface area contributed by atoms with Crippen molar-refractivity contribution in [3.8, 4) is 107 Å². The van der Waals surface area contributed by atoms with E-state index in [2.05, 4.69) is 142 Å². The van der Waals surface area contributed by atoms with Crippen molar-refractivity contribution in [1.82, 2.24) is 121 Å². The lowest BCUT2D eigenvalue weighted by Gasteiger charge is -2.08. The van der Waals surface area contributed by atoms with Crippen LogP contribution in [0.5, 0.6) is 17.8 Å². The minimum atomic E-state index is -0.343. The van der Waals surface area contributed by atoms with Crippen LogP contribution in [0.4, 0.5) is 54.9 Å². The first-order valence-electron chi connectivity index (χ1n) is 36.0. The van der Waals surface area contributed by atoms with Gasteiger partial charge in [0, 0.05) is 145 Å². The van der Waals surface area contributed by atoms with Crippen LogP contribution < -0.4 is 68.2 Å². The van der Waals surface area contributed by atoms with E-state index in [-0.39, 0.29) is 36.0 Å². The van der Waals surface area contributed by atoms with E-state index < -0.39 is 0 Å². The van der Waals surface area contributed by atoms with Gasteiger partial charge in [-0.05, 0) is 135 Å². The molecule has 0 fully saturated rings. The highest BCUT2D eigenvalue weighted by Crippen LogP contribution is 2.38. The van der Waals surface area contributed by atoms with Crippen molar-refractivity contribution in [2.45, 2.75) is 27.7 Å². The summed E-state index contributed by atoms with van der Waals surface area (Å²) >= 11 is 0. The number of aromatic amines is 4. The maximum Gasteiger partial charge on any atom is 0.321 e. The molecule has 0 saturated carbocycles. The molecule has 8 amide bonds. The number of aromatic nitrogens is 20. The van der Waals surface area contributed by atoms with Crippen LogP contribution in [-0.4, -0.2) is 171 Å². The smallest absolute Gasteiger partial charge is 0.321 e. The van der Waals surface area contributed by atoms with Gasteiger partial charge in [0.15, 0.2) is 0 Å². The molecule has 0 spiro atoms. The molecule has 0 unspecified atom stereocenters. The second-order valence-electron chi connectivity index (χ2n) is 24.8. The average Bonchev–Trinajstić information content (AvgIpc) is 1.61. The Morgan fingerprint density at radius 1 is 0.336 bits per heavy atom. The minimum absolute atomic E-state index is 0.199. The SMILES string of the molecule is CCNC(=O)Nc1nc2c(-c3cccc(OC)n3)cc(-c3cnc(N)nc3)cc2[nH]1.CCNC(=O)Nc1nc2c(-c3cccc(OC)n3)cc(-c3cncnc3)cc2[nH]1.CCNC(=O)Nc1nc2c(-c3ccccn3)cc(-c3cnc(N)nc3)cc2[nH]1.CCNC(=O)Nc1nc2c(-c3ccccn3)cc(-c3cnc(OC)nc3)cc2[nH]1. The van der Waals surface area contributed by atoms with Crippen LogP contribution in [0.1, 0.15) is 27.7 Å². The Morgan fingerprint density at radius 2 is 0.638 bits per heavy atom. The number of urea groups is 4. The van der Waals surface area contributed by atoms with Gasteiger partial charge < -0.3 is 66.9 Å². The first-order valence-corrected chi connectivity index (χ1v) is 36.0. The Hall–Kier alpha value is -16.2. The van der Waals surface area contributed by atoms with Gasteiger partial charge in [0.2, 0.25) is 47.5 Å². The van der Waals surface area contributed by atoms with Crippen LogP contribution in [0.3, 0.4) is 0 Å². The highest BCUT2D eigenvalue weighted by molar-refractivity contribution is 6.02. The van der Waals surface area contributed by atoms with Gasteiger partial charge in [0.05, 0.1) is 88.2 Å². The van der Waals surface area contributed by atoms with Gasteiger partial charge in [0.25, 0.3) is 0 Å². The molecule has 12 heterocycles. The number of amides is 8. The number of hydrogen-bond acceptors (Lipinski definition) is 25. The number of carbonyl (C=O) groups excluding carboxylic acids is 4. The topological polar surface area (TPSA) is 514 Å². The molecule has 0 aliphatic carbocycles. The van der Waals surface area contributed by atoms with E-state index in [0.717, 1.165) is 100 Å². The largest absolute Gasteiger partial charge is 0.481 e. The number of pyridine rings is 4. The first-order chi connectivity index (χ1) is 56.5. The summed E-state index contributed by atoms with van der Waals surface area (Å²) in [5.41, 5.74) is 29.8. The Kier molecular flexibility index (Phi) is 24.5. The van der Waals surface area contributed by atoms with Crippen molar-refractivity contribution < 1.29 is 33.4 Å². The van der Waals surface area contributed by atoms with E-state index in [1.807, 2.05) is 137 Å². The zero-order valence-electron chi connectivity index (χ0n) is 63.4. The Bertz CT molecular complexity index is 6110. The monoisotopic (exact) mass is 1560 g/mol. The van der Waals surface area contributed by atoms with E-state index in [1.54, 1.807) is 88.3 Å². The summed E-state index contributed by atoms with van der Waals surface area (Å²) in [5.74, 6) is 2.77. The molecule has 16 aromatic rings. The lowest BCUT2D eigenvalue weighted by Crippen LogP contribution is -2.28. The number of nitrogens with zero attached hydrogens (tertiary/aromatic N) is 16. The zero-order valence-corrected chi connectivity index (χ0v) is 63.4. The summed E-state index contributed by atoms with van der Waals surface area (Å²) in [6.07, 6.45) is 18.4. The average molecular weight is 1560 g/mol. The van der Waals surface area contributed by atoms with Gasteiger partial charge in [-0.3, -0.25) is 31.2 Å². The maximum atomic E-state index is 11.9. The van der Waals surface area contributed by atoms with Gasteiger partial charge in [-0.1, -0.05) is 24.3 Å². The number of benzene rings is 4. The van der Waals surface area contributed by atoms with Gasteiger partial charge in [0.1, 0.15) is 6.33 Å². The molecule has 0 saturated heterocycles. The first kappa shape index (κ1) is 77.9. The number of fused-ring (bicyclic) bond motifs is 4. The molecule has 0 atom stereocenters. The van der Waals surface area contributed by atoms with Gasteiger partial charge in [-0.15, -0.1) is 0 Å². The summed E-state index contributed by atoms with van der Waals surface area (Å²) in [5, 5.41) is 21.5. The Balaban J connectivity index is 0.000000135. The lowest BCUT2D eigenvalue weighted by atomic mass is 10.0. The second kappa shape index (κ2) is 36.5. The highest BCUT2D eigenvalue weighted by atomic mass is 16.5. The van der Waals surface area contributed by atoms with Crippen molar-refractivity contribution in [1.29, 1.82) is 0 Å². The number of H-pyrrole nitrogens is 4. The molecule has 37 nitrogen and oxygen atoms in total. The molecule has 16 rings (SSSR count). The van der Waals surface area contributed by atoms with E-state index in [9.17, 15) is 19.2 Å². The van der Waals surface area contributed by atoms with E-state index in [1.165, 1.54) is 13.4 Å². The molecule has 37 heteroatoms. The number of nitrogen functional groups attached to an aromatic ring is 2. The molecular formula is C79H76N30O7. The minimum Gasteiger partial charge on any atom is -0.481 e. The number of carbonyl (C=O) groups is 4. The van der Waals surface area contributed by atoms with Crippen molar-refractivity contribution in [2.75, 3.05) is 80.2 Å². The molecule has 0 bridgehead atoms. The predicted molar refractivity (Wildman–Crippen MR) is 441 cm³/mol. The summed E-state index contributed by atoms with van der Waals surface area (Å²) < 4.78 is 15.6. The van der Waals surface area contributed by atoms with Crippen LogP contribution in [-0.2, 0) is 0 Å². The zero-order chi connectivity index (χ0) is 81.0. The number of nitrogens with two attached hydrogens (primary N) is 2. The van der Waals surface area contributed by atoms with Crippen LogP contribution >= 0.6 is 0 Å². The number of methoxy groups -OCH3 is 3. The number of nitrogens with one attached hydrogen (secondary N) is 12. The lowest BCUT2D eigenvalue weighted by molar-refractivity contribution is 0.251. The fourth-order valence-electron chi connectivity index (χ4n) is 11.8. The maximum absolute atomic E-state index is 11.9. The third-order valence-electron chi connectivity index (χ3n) is 17.0. The molecule has 4 aromatic carbocycles. The molecule has 16 N–H and O–H groups in total. The van der Waals surface area contributed by atoms with Gasteiger partial charge in [-0.25, -0.2) is 89.0 Å². The third-order valence-corrected chi connectivity index (χ3v) is 17.0. The molecule has 12 aromatic heterocycles. The molecule has 0 radical (unpaired) electrons. The fraction of sp³-hybridized carbons (Fsp3) is 0.139. The highest BCUT2D eigenvalue weighted by Gasteiger charge is 2.21. The van der Waals surface area contributed by atoms with Crippen LogP contribution in [0, 0.1) is 0 Å². The quantitative estimate of drug-likeness (QED) is 0.0357. The van der Waals surface area contributed by atoms with Crippen LogP contribution in [0.2, 0.25) is 0 Å². The van der Waals surface area contributed by atoms with Gasteiger partial charge >= 0.3 is 30.1 Å². The van der Waals surface area contributed by atoms with Gasteiger partial charge in [-0.2, -0.15) is 0 Å². The molecule has 584 valence electrons. The van der Waals surface area contributed by atoms with Crippen molar-refractivity contribution >= 4 is 104 Å². The number of hydrogen-bond donors (Lipinski definition) is 14. The molecular weight excluding hydrogens is 1480 g/mol. The summed E-state index contributed by atoms with van der Waals surface area (Å²) in [4.78, 5) is 129. The summed E-state index contributed by atoms with van der Waals surface area (Å²) in [6.45, 7) is 9.44. The molecule has 116 heavy (non-hydrogen) atoms. The summed E-state index contributed by atoms with van der Waals surface area (Å²) in [7, 11) is 4.66. The van der Waals surface area contributed by atoms with E-state index >= 15 is 0 Å². The van der Waals surface area contributed by atoms with E-state index in [0.29, 0.717) is 101 Å². The number of ether oxygens (including phenoxy) is 3. The number of imidazole rings is 4. The fourth-order valence-corrected chi connectivity index (χ4v) is 11.8. The Labute approximate surface area is 660 Å². The predicted octanol–water partition coefficient (Wildman–Crippen LogP) is 12.1. The van der Waals surface area contributed by atoms with Crippen molar-refractivity contribution in [2.24, 2.45) is 0 Å². The van der Waals surface area contributed by atoms with Crippen molar-refractivity contribution in [3.63, 3.8) is 0 Å². The third kappa shape index (κ3) is 19.0. The Morgan fingerprint density at radius 3 is 0.931 bits per heavy atom. The van der Waals surface area contributed by atoms with Crippen LogP contribution in [0.15, 0.2) is 190 Å². The second-order valence-corrected chi connectivity index (χ2v) is 24.8. The van der Waals surface area contributed by atoms with Crippen molar-refractivity contribution in [3.05, 3.63) is 190 Å².